The topological polar surface area (TPSA) is 146 Å². The highest BCUT2D eigenvalue weighted by Crippen LogP contribution is 2.65. The van der Waals surface area contributed by atoms with Crippen molar-refractivity contribution in [2.45, 2.75) is 121 Å². The van der Waals surface area contributed by atoms with Crippen LogP contribution >= 0.6 is 0 Å². The summed E-state index contributed by atoms with van der Waals surface area (Å²) >= 11 is 0. The van der Waals surface area contributed by atoms with E-state index in [0.717, 1.165) is 57.0 Å². The molecule has 13 heteroatoms. The monoisotopic (exact) mass is 746 g/mol. The van der Waals surface area contributed by atoms with E-state index in [9.17, 15) is 32.3 Å². The Hall–Kier alpha value is -3.74. The van der Waals surface area contributed by atoms with Gasteiger partial charge < -0.3 is 36.2 Å². The van der Waals surface area contributed by atoms with Gasteiger partial charge in [-0.1, -0.05) is 32.8 Å². The number of nitrogens with two attached hydrogens (primary N) is 1. The zero-order chi connectivity index (χ0) is 39.3. The van der Waals surface area contributed by atoms with Gasteiger partial charge in [0.05, 0.1) is 17.8 Å². The number of alkyl halides is 2. The van der Waals surface area contributed by atoms with Crippen LogP contribution in [-0.4, -0.2) is 87.2 Å². The standard InChI is InChI=1S/C16H25N3O2.C13H15FN2O2.C8H13F2N.C3H8/c1-2-18-13(5-9-17)15(21)19-14(11-20)12-4-3-6-16(10-12)7-8-16;1-15-11-3-2-9(6-10(11)14)13(4-5-13)12(7-17)16-8-18;1-11-4-2-7(3-5-11)6-8(7,9)10;1-3-2/h5,9,11-12,14H,2-4,6-8,10,17H2,1H3,(H,19,21);2-3,6-8,12,15H,4-5H2,1H3,(H,16,18);2-6H2,1H3;3H2,1-2H3/b9-5-,18-13?;;;. The second-order valence-corrected chi connectivity index (χ2v) is 15.4. The van der Waals surface area contributed by atoms with Crippen LogP contribution in [0.25, 0.3) is 0 Å². The molecule has 0 bridgehead atoms. The summed E-state index contributed by atoms with van der Waals surface area (Å²) in [6.45, 7) is 8.30. The summed E-state index contributed by atoms with van der Waals surface area (Å²) in [6.07, 6.45) is 16.3. The molecule has 1 aromatic carbocycles. The highest BCUT2D eigenvalue weighted by molar-refractivity contribution is 6.43. The Morgan fingerprint density at radius 2 is 1.68 bits per heavy atom. The fraction of sp³-hybridized carbons (Fsp3) is 0.675. The lowest BCUT2D eigenvalue weighted by molar-refractivity contribution is -0.120. The highest BCUT2D eigenvalue weighted by atomic mass is 19.3. The summed E-state index contributed by atoms with van der Waals surface area (Å²) < 4.78 is 39.3. The molecule has 3 unspecified atom stereocenters. The number of nitrogens with zero attached hydrogens (tertiary/aromatic N) is 2. The number of nitrogens with one attached hydrogen (secondary N) is 3. The van der Waals surface area contributed by atoms with E-state index in [4.69, 9.17) is 5.73 Å². The fourth-order valence-corrected chi connectivity index (χ4v) is 7.70. The Bertz CT molecular complexity index is 1440. The number of carbonyl (C=O) groups excluding carboxylic acids is 4. The number of likely N-dealkylation sites (tertiary alicyclic amines) is 1. The zero-order valence-electron chi connectivity index (χ0n) is 32.2. The molecule has 1 aliphatic heterocycles. The fourth-order valence-electron chi connectivity index (χ4n) is 7.70. The first-order valence-corrected chi connectivity index (χ1v) is 19.2. The Morgan fingerprint density at radius 3 is 2.13 bits per heavy atom. The minimum Gasteiger partial charge on any atom is -0.405 e. The van der Waals surface area contributed by atoms with E-state index >= 15 is 0 Å². The second-order valence-electron chi connectivity index (χ2n) is 15.4. The van der Waals surface area contributed by atoms with E-state index < -0.39 is 28.8 Å². The molecule has 1 saturated heterocycles. The maximum Gasteiger partial charge on any atom is 0.270 e. The lowest BCUT2D eigenvalue weighted by atomic mass is 9.76. The molecule has 296 valence electrons. The number of aliphatic imine (C=N–C) groups is 1. The van der Waals surface area contributed by atoms with Crippen LogP contribution < -0.4 is 21.7 Å². The maximum absolute atomic E-state index is 13.7. The van der Waals surface area contributed by atoms with Gasteiger partial charge in [0.25, 0.3) is 11.8 Å². The normalized spacial score (nSPS) is 23.6. The number of amides is 2. The summed E-state index contributed by atoms with van der Waals surface area (Å²) in [5, 5.41) is 8.07. The molecular weight excluding hydrogens is 685 g/mol. The number of piperidine rings is 1. The Kier molecular flexibility index (Phi) is 16.1. The van der Waals surface area contributed by atoms with Crippen molar-refractivity contribution in [3.63, 3.8) is 0 Å². The van der Waals surface area contributed by atoms with E-state index in [1.165, 1.54) is 44.0 Å². The largest absolute Gasteiger partial charge is 0.405 e. The van der Waals surface area contributed by atoms with Crippen LogP contribution in [0, 0.1) is 22.6 Å². The molecule has 10 nitrogen and oxygen atoms in total. The van der Waals surface area contributed by atoms with E-state index in [0.29, 0.717) is 43.2 Å². The van der Waals surface area contributed by atoms with Gasteiger partial charge in [-0.25, -0.2) is 13.2 Å². The predicted molar refractivity (Wildman–Crippen MR) is 204 cm³/mol. The molecule has 1 aromatic rings. The highest BCUT2D eigenvalue weighted by Gasteiger charge is 2.70. The molecule has 3 atom stereocenters. The first-order chi connectivity index (χ1) is 25.3. The molecule has 6 rings (SSSR count). The molecule has 2 amide bonds. The van der Waals surface area contributed by atoms with Gasteiger partial charge in [-0.2, -0.15) is 0 Å². The van der Waals surface area contributed by atoms with Crippen molar-refractivity contribution in [2.75, 3.05) is 39.0 Å². The molecule has 5 fully saturated rings. The van der Waals surface area contributed by atoms with Crippen LogP contribution in [0.1, 0.15) is 103 Å². The average molecular weight is 747 g/mol. The minimum absolute atomic E-state index is 0.147. The van der Waals surface area contributed by atoms with E-state index in [1.54, 1.807) is 19.2 Å². The minimum atomic E-state index is -2.33. The lowest BCUT2D eigenvalue weighted by Gasteiger charge is -2.32. The van der Waals surface area contributed by atoms with Crippen LogP contribution in [0.15, 0.2) is 35.5 Å². The Morgan fingerprint density at radius 1 is 1.04 bits per heavy atom. The van der Waals surface area contributed by atoms with Gasteiger partial charge in [0.1, 0.15) is 24.1 Å². The molecule has 4 aliphatic carbocycles. The molecule has 5 N–H and O–H groups in total. The van der Waals surface area contributed by atoms with Gasteiger partial charge in [0, 0.05) is 30.8 Å². The number of rotatable bonds is 12. The molecular formula is C40H61F3N6O4. The molecule has 2 spiro atoms. The van der Waals surface area contributed by atoms with Crippen molar-refractivity contribution in [3.05, 3.63) is 41.9 Å². The third kappa shape index (κ3) is 11.4. The van der Waals surface area contributed by atoms with Crippen molar-refractivity contribution in [1.82, 2.24) is 15.5 Å². The van der Waals surface area contributed by atoms with Crippen molar-refractivity contribution >= 4 is 36.3 Å². The van der Waals surface area contributed by atoms with Gasteiger partial charge in [-0.15, -0.1) is 0 Å². The average Bonchev–Trinajstić information content (AvgIpc) is 4.10. The summed E-state index contributed by atoms with van der Waals surface area (Å²) in [7, 11) is 3.64. The summed E-state index contributed by atoms with van der Waals surface area (Å²) in [6, 6.07) is 3.87. The van der Waals surface area contributed by atoms with Crippen molar-refractivity contribution < 1.29 is 32.3 Å². The van der Waals surface area contributed by atoms with E-state index in [-0.39, 0.29) is 29.8 Å². The summed E-state index contributed by atoms with van der Waals surface area (Å²) in [5.74, 6) is -2.73. The first-order valence-electron chi connectivity index (χ1n) is 19.2. The van der Waals surface area contributed by atoms with Crippen molar-refractivity contribution in [3.8, 4) is 0 Å². The van der Waals surface area contributed by atoms with Gasteiger partial charge in [-0.3, -0.25) is 14.6 Å². The third-order valence-corrected chi connectivity index (χ3v) is 11.4. The van der Waals surface area contributed by atoms with Crippen LogP contribution in [0.3, 0.4) is 0 Å². The van der Waals surface area contributed by atoms with Crippen LogP contribution in [0.2, 0.25) is 0 Å². The van der Waals surface area contributed by atoms with Gasteiger partial charge in [-0.05, 0) is 126 Å². The van der Waals surface area contributed by atoms with Crippen LogP contribution in [0.5, 0.6) is 0 Å². The SMILES string of the molecule is CCC.CCN=C(/C=C\N)C(=O)NC(C=O)C1CCCC2(CC2)C1.CN1CCC2(CC1)CC2(F)F.CNc1ccc(C2(C(C=O)NC=O)CC2)cc1F. The van der Waals surface area contributed by atoms with Crippen molar-refractivity contribution in [1.29, 1.82) is 0 Å². The van der Waals surface area contributed by atoms with Gasteiger partial charge in [0.15, 0.2) is 0 Å². The van der Waals surface area contributed by atoms with Crippen LogP contribution in [0.4, 0.5) is 18.9 Å². The molecule has 1 heterocycles. The predicted octanol–water partition coefficient (Wildman–Crippen LogP) is 5.94. The smallest absolute Gasteiger partial charge is 0.270 e. The number of aldehydes is 2. The summed E-state index contributed by atoms with van der Waals surface area (Å²) in [5.41, 5.74) is 6.26. The van der Waals surface area contributed by atoms with E-state index in [1.807, 2.05) is 14.0 Å². The number of benzene rings is 1. The molecule has 0 aromatic heterocycles. The number of carbonyl (C=O) groups is 4. The zero-order valence-corrected chi connectivity index (χ0v) is 32.2. The third-order valence-electron chi connectivity index (χ3n) is 11.4. The number of hydrogen-bond acceptors (Lipinski definition) is 8. The Balaban J connectivity index is 0.000000214. The second kappa shape index (κ2) is 19.5. The van der Waals surface area contributed by atoms with Gasteiger partial charge >= 0.3 is 0 Å². The molecule has 53 heavy (non-hydrogen) atoms. The van der Waals surface area contributed by atoms with E-state index in [2.05, 4.69) is 39.7 Å². The number of anilines is 1. The maximum atomic E-state index is 13.7. The number of hydrogen-bond donors (Lipinski definition) is 4. The van der Waals surface area contributed by atoms with Crippen molar-refractivity contribution in [2.24, 2.45) is 27.5 Å². The van der Waals surface area contributed by atoms with Crippen LogP contribution in [-0.2, 0) is 24.6 Å². The molecule has 4 saturated carbocycles. The lowest BCUT2D eigenvalue weighted by Crippen LogP contribution is -2.45. The summed E-state index contributed by atoms with van der Waals surface area (Å²) in [4.78, 5) is 51.4. The number of halogens is 3. The Labute approximate surface area is 313 Å². The quantitative estimate of drug-likeness (QED) is 0.153. The first kappa shape index (κ1) is 43.7. The van der Waals surface area contributed by atoms with Gasteiger partial charge in [0.2, 0.25) is 6.41 Å². The molecule has 0 radical (unpaired) electrons. The molecule has 5 aliphatic rings.